The second kappa shape index (κ2) is 7.98. The third-order valence-electron chi connectivity index (χ3n) is 3.36. The summed E-state index contributed by atoms with van der Waals surface area (Å²) in [6, 6.07) is 18.1. The highest BCUT2D eigenvalue weighted by atomic mass is 16.5. The number of benzene rings is 2. The van der Waals surface area contributed by atoms with Crippen LogP contribution in [0.3, 0.4) is 0 Å². The Bertz CT molecular complexity index is 611. The molecule has 0 radical (unpaired) electrons. The van der Waals surface area contributed by atoms with E-state index in [0.717, 1.165) is 5.56 Å². The highest BCUT2D eigenvalue weighted by Gasteiger charge is 2.22. The monoisotopic (exact) mass is 297 g/mol. The normalized spacial score (nSPS) is 11.5. The lowest BCUT2D eigenvalue weighted by Gasteiger charge is -2.16. The maximum Gasteiger partial charge on any atom is 0.333 e. The summed E-state index contributed by atoms with van der Waals surface area (Å²) in [5, 5.41) is 2.74. The molecular formula is C18H19NO3. The molecule has 22 heavy (non-hydrogen) atoms. The van der Waals surface area contributed by atoms with Gasteiger partial charge in [0.2, 0.25) is 5.91 Å². The van der Waals surface area contributed by atoms with Crippen LogP contribution in [0.15, 0.2) is 60.7 Å². The first-order valence-corrected chi connectivity index (χ1v) is 7.17. The molecule has 0 spiro atoms. The lowest BCUT2D eigenvalue weighted by atomic mass is 10.1. The van der Waals surface area contributed by atoms with E-state index in [1.165, 1.54) is 7.11 Å². The number of hydrogen-bond donors (Lipinski definition) is 1. The van der Waals surface area contributed by atoms with E-state index in [-0.39, 0.29) is 5.91 Å². The highest BCUT2D eigenvalue weighted by molar-refractivity contribution is 5.85. The van der Waals surface area contributed by atoms with Crippen molar-refractivity contribution in [2.45, 2.75) is 18.9 Å². The molecule has 1 amide bonds. The van der Waals surface area contributed by atoms with Crippen LogP contribution < -0.4 is 5.32 Å². The van der Waals surface area contributed by atoms with Crippen molar-refractivity contribution in [2.75, 3.05) is 7.11 Å². The number of amides is 1. The van der Waals surface area contributed by atoms with Crippen LogP contribution in [0.1, 0.15) is 23.6 Å². The first-order chi connectivity index (χ1) is 10.7. The van der Waals surface area contributed by atoms with Gasteiger partial charge in [-0.25, -0.2) is 4.79 Å². The van der Waals surface area contributed by atoms with Gasteiger partial charge in [0.1, 0.15) is 0 Å². The molecule has 114 valence electrons. The van der Waals surface area contributed by atoms with Gasteiger partial charge < -0.3 is 10.1 Å². The Morgan fingerprint density at radius 2 is 1.59 bits per heavy atom. The fourth-order valence-electron chi connectivity index (χ4n) is 2.18. The van der Waals surface area contributed by atoms with Crippen LogP contribution in [0.2, 0.25) is 0 Å². The van der Waals surface area contributed by atoms with Crippen molar-refractivity contribution in [1.82, 2.24) is 5.32 Å². The van der Waals surface area contributed by atoms with Crippen molar-refractivity contribution in [2.24, 2.45) is 0 Å². The lowest BCUT2D eigenvalue weighted by molar-refractivity contribution is -0.145. The van der Waals surface area contributed by atoms with Crippen molar-refractivity contribution in [3.05, 3.63) is 71.8 Å². The Labute approximate surface area is 130 Å². The molecule has 0 aromatic heterocycles. The molecule has 0 aliphatic rings. The molecule has 2 aromatic carbocycles. The zero-order chi connectivity index (χ0) is 15.8. The molecule has 0 saturated carbocycles. The molecule has 1 N–H and O–H groups in total. The summed E-state index contributed by atoms with van der Waals surface area (Å²) in [5.74, 6) is -0.651. The van der Waals surface area contributed by atoms with Crippen LogP contribution >= 0.6 is 0 Å². The molecule has 2 rings (SSSR count). The standard InChI is InChI=1S/C18H19NO3/c1-22-18(21)17(15-10-6-3-7-11-15)19-16(20)13-12-14-8-4-2-5-9-14/h2-11,17H,12-13H2,1H3,(H,19,20). The van der Waals surface area contributed by atoms with Gasteiger partial charge in [-0.15, -0.1) is 0 Å². The third kappa shape index (κ3) is 4.45. The topological polar surface area (TPSA) is 55.4 Å². The fraction of sp³-hybridized carbons (Fsp3) is 0.222. The molecule has 4 heteroatoms. The first-order valence-electron chi connectivity index (χ1n) is 7.17. The number of ether oxygens (including phenoxy) is 1. The van der Waals surface area contributed by atoms with Gasteiger partial charge in [0.25, 0.3) is 0 Å². The van der Waals surface area contributed by atoms with E-state index in [9.17, 15) is 9.59 Å². The van der Waals surface area contributed by atoms with E-state index in [0.29, 0.717) is 18.4 Å². The number of aryl methyl sites for hydroxylation is 1. The summed E-state index contributed by atoms with van der Waals surface area (Å²) in [5.41, 5.74) is 1.80. The van der Waals surface area contributed by atoms with Crippen molar-refractivity contribution in [1.29, 1.82) is 0 Å². The summed E-state index contributed by atoms with van der Waals surface area (Å²) in [6.45, 7) is 0. The number of hydrogen-bond acceptors (Lipinski definition) is 3. The Morgan fingerprint density at radius 3 is 2.18 bits per heavy atom. The zero-order valence-corrected chi connectivity index (χ0v) is 12.5. The van der Waals surface area contributed by atoms with Gasteiger partial charge >= 0.3 is 5.97 Å². The summed E-state index contributed by atoms with van der Waals surface area (Å²) < 4.78 is 4.78. The minimum atomic E-state index is -0.769. The quantitative estimate of drug-likeness (QED) is 0.834. The SMILES string of the molecule is COC(=O)C(NC(=O)CCc1ccccc1)c1ccccc1. The first kappa shape index (κ1) is 15.8. The average Bonchev–Trinajstić information content (AvgIpc) is 2.59. The molecule has 1 unspecified atom stereocenters. The maximum atomic E-state index is 12.1. The largest absolute Gasteiger partial charge is 0.467 e. The number of rotatable bonds is 6. The van der Waals surface area contributed by atoms with Crippen molar-refractivity contribution in [3.63, 3.8) is 0 Å². The van der Waals surface area contributed by atoms with E-state index < -0.39 is 12.0 Å². The Hall–Kier alpha value is -2.62. The predicted octanol–water partition coefficient (Wildman–Crippen LogP) is 2.65. The molecule has 0 bridgehead atoms. The molecule has 4 nitrogen and oxygen atoms in total. The fourth-order valence-corrected chi connectivity index (χ4v) is 2.18. The van der Waals surface area contributed by atoms with E-state index in [1.807, 2.05) is 48.5 Å². The molecule has 0 aliphatic heterocycles. The number of nitrogens with one attached hydrogen (secondary N) is 1. The molecule has 0 aliphatic carbocycles. The van der Waals surface area contributed by atoms with Crippen LogP contribution in [0.25, 0.3) is 0 Å². The molecule has 2 aromatic rings. The summed E-state index contributed by atoms with van der Waals surface area (Å²) in [7, 11) is 1.31. The highest BCUT2D eigenvalue weighted by Crippen LogP contribution is 2.14. The Morgan fingerprint density at radius 1 is 1.00 bits per heavy atom. The minimum absolute atomic E-state index is 0.178. The minimum Gasteiger partial charge on any atom is -0.467 e. The summed E-state index contributed by atoms with van der Waals surface area (Å²) in [6.07, 6.45) is 0.958. The predicted molar refractivity (Wildman–Crippen MR) is 84.1 cm³/mol. The van der Waals surface area contributed by atoms with Crippen LogP contribution in [-0.4, -0.2) is 19.0 Å². The summed E-state index contributed by atoms with van der Waals surface area (Å²) >= 11 is 0. The van der Waals surface area contributed by atoms with Gasteiger partial charge in [-0.2, -0.15) is 0 Å². The van der Waals surface area contributed by atoms with Crippen molar-refractivity contribution in [3.8, 4) is 0 Å². The smallest absolute Gasteiger partial charge is 0.333 e. The van der Waals surface area contributed by atoms with Gasteiger partial charge in [-0.05, 0) is 17.5 Å². The Balaban J connectivity index is 1.98. The van der Waals surface area contributed by atoms with E-state index in [1.54, 1.807) is 12.1 Å². The second-order valence-corrected chi connectivity index (χ2v) is 4.92. The number of methoxy groups -OCH3 is 1. The second-order valence-electron chi connectivity index (χ2n) is 4.92. The number of carbonyl (C=O) groups excluding carboxylic acids is 2. The van der Waals surface area contributed by atoms with Crippen molar-refractivity contribution >= 4 is 11.9 Å². The lowest BCUT2D eigenvalue weighted by Crippen LogP contribution is -2.34. The number of esters is 1. The molecular weight excluding hydrogens is 278 g/mol. The van der Waals surface area contributed by atoms with Crippen molar-refractivity contribution < 1.29 is 14.3 Å². The maximum absolute atomic E-state index is 12.1. The van der Waals surface area contributed by atoms with Crippen LogP contribution in [0.5, 0.6) is 0 Å². The van der Waals surface area contributed by atoms with Crippen LogP contribution in [-0.2, 0) is 20.7 Å². The van der Waals surface area contributed by atoms with Gasteiger partial charge in [0.05, 0.1) is 7.11 Å². The molecule has 0 fully saturated rings. The molecule has 1 atom stereocenters. The van der Waals surface area contributed by atoms with Crippen LogP contribution in [0.4, 0.5) is 0 Å². The average molecular weight is 297 g/mol. The van der Waals surface area contributed by atoms with Gasteiger partial charge in [0, 0.05) is 6.42 Å². The summed E-state index contributed by atoms with van der Waals surface area (Å²) in [4.78, 5) is 24.0. The van der Waals surface area contributed by atoms with E-state index in [2.05, 4.69) is 5.32 Å². The van der Waals surface area contributed by atoms with Crippen LogP contribution in [0, 0.1) is 0 Å². The van der Waals surface area contributed by atoms with Gasteiger partial charge in [0.15, 0.2) is 6.04 Å². The molecule has 0 heterocycles. The van der Waals surface area contributed by atoms with E-state index in [4.69, 9.17) is 4.74 Å². The third-order valence-corrected chi connectivity index (χ3v) is 3.36. The Kier molecular flexibility index (Phi) is 5.72. The van der Waals surface area contributed by atoms with Gasteiger partial charge in [-0.1, -0.05) is 60.7 Å². The number of carbonyl (C=O) groups is 2. The molecule has 0 saturated heterocycles. The van der Waals surface area contributed by atoms with E-state index >= 15 is 0 Å². The zero-order valence-electron chi connectivity index (χ0n) is 12.5. The van der Waals surface area contributed by atoms with Gasteiger partial charge in [-0.3, -0.25) is 4.79 Å².